The van der Waals surface area contributed by atoms with Gasteiger partial charge in [0.15, 0.2) is 11.6 Å². The number of carbonyl (C=O) groups is 2. The first-order valence-electron chi connectivity index (χ1n) is 13.4. The van der Waals surface area contributed by atoms with Crippen molar-refractivity contribution in [2.45, 2.75) is 79.1 Å². The Balaban J connectivity index is 1.68. The number of hydrogen-bond acceptors (Lipinski definition) is 4. The molecule has 3 rings (SSSR count). The van der Waals surface area contributed by atoms with Crippen LogP contribution in [-0.4, -0.2) is 24.8 Å². The van der Waals surface area contributed by atoms with Crippen molar-refractivity contribution in [1.82, 2.24) is 0 Å². The van der Waals surface area contributed by atoms with Crippen molar-refractivity contribution in [1.29, 1.82) is 0 Å². The molecule has 1 aromatic rings. The van der Waals surface area contributed by atoms with Crippen LogP contribution in [0.3, 0.4) is 0 Å². The van der Waals surface area contributed by atoms with E-state index < -0.39 is 11.8 Å². The van der Waals surface area contributed by atoms with E-state index in [1.807, 2.05) is 24.3 Å². The minimum atomic E-state index is -0.485. The number of benzene rings is 1. The van der Waals surface area contributed by atoms with Gasteiger partial charge in [-0.1, -0.05) is 72.3 Å². The van der Waals surface area contributed by atoms with Crippen LogP contribution < -0.4 is 4.74 Å². The van der Waals surface area contributed by atoms with E-state index in [4.69, 9.17) is 9.47 Å². The minimum Gasteiger partial charge on any atom is -0.494 e. The fourth-order valence-corrected chi connectivity index (χ4v) is 4.86. The van der Waals surface area contributed by atoms with Gasteiger partial charge in [-0.05, 0) is 55.0 Å². The summed E-state index contributed by atoms with van der Waals surface area (Å²) < 4.78 is 12.1. The summed E-state index contributed by atoms with van der Waals surface area (Å²) in [5, 5.41) is 0. The van der Waals surface area contributed by atoms with Crippen molar-refractivity contribution in [3.63, 3.8) is 0 Å². The monoisotopic (exact) mass is 466 g/mol. The van der Waals surface area contributed by atoms with Crippen LogP contribution >= 0.6 is 0 Å². The number of hydrogen-bond donors (Lipinski definition) is 0. The smallest absolute Gasteiger partial charge is 0.171 e. The van der Waals surface area contributed by atoms with Crippen LogP contribution in [0.15, 0.2) is 42.2 Å². The molecular formula is C30H42O4. The summed E-state index contributed by atoms with van der Waals surface area (Å²) in [4.78, 5) is 26.6. The molecule has 186 valence electrons. The summed E-state index contributed by atoms with van der Waals surface area (Å²) in [6.45, 7) is 10.1. The van der Waals surface area contributed by atoms with Gasteiger partial charge in [0.1, 0.15) is 11.5 Å². The predicted octanol–water partition coefficient (Wildman–Crippen LogP) is 7.58. The van der Waals surface area contributed by atoms with Crippen LogP contribution in [0.4, 0.5) is 0 Å². The molecule has 4 unspecified atom stereocenters. The Bertz CT molecular complexity index is 897. The number of carbonyl (C=O) groups excluding carboxylic acids is 2. The van der Waals surface area contributed by atoms with Gasteiger partial charge in [-0.3, -0.25) is 9.59 Å². The molecule has 4 atom stereocenters. The van der Waals surface area contributed by atoms with Gasteiger partial charge in [0.2, 0.25) is 0 Å². The highest BCUT2D eigenvalue weighted by Gasteiger charge is 2.40. The fourth-order valence-electron chi connectivity index (χ4n) is 4.86. The summed E-state index contributed by atoms with van der Waals surface area (Å²) in [5.74, 6) is 1.44. The molecule has 0 fully saturated rings. The quantitative estimate of drug-likeness (QED) is 0.283. The van der Waals surface area contributed by atoms with E-state index in [9.17, 15) is 9.59 Å². The molecule has 0 radical (unpaired) electrons. The second-order valence-corrected chi connectivity index (χ2v) is 9.87. The first-order valence-corrected chi connectivity index (χ1v) is 13.4. The van der Waals surface area contributed by atoms with Crippen molar-refractivity contribution in [2.24, 2.45) is 23.7 Å². The van der Waals surface area contributed by atoms with E-state index >= 15 is 0 Å². The average Bonchev–Trinajstić information content (AvgIpc) is 2.87. The minimum absolute atomic E-state index is 0.0102. The predicted molar refractivity (Wildman–Crippen MR) is 137 cm³/mol. The molecule has 0 N–H and O–H groups in total. The molecule has 0 bridgehead atoms. The van der Waals surface area contributed by atoms with Crippen LogP contribution in [0, 0.1) is 23.7 Å². The van der Waals surface area contributed by atoms with Gasteiger partial charge in [0, 0.05) is 11.1 Å². The lowest BCUT2D eigenvalue weighted by Crippen LogP contribution is -2.36. The fraction of sp³-hybridized carbons (Fsp3) is 0.600. The maximum absolute atomic E-state index is 13.3. The Labute approximate surface area is 205 Å². The van der Waals surface area contributed by atoms with Crippen LogP contribution in [-0.2, 0) is 4.74 Å². The van der Waals surface area contributed by atoms with Crippen molar-refractivity contribution >= 4 is 11.6 Å². The van der Waals surface area contributed by atoms with E-state index in [2.05, 4.69) is 27.7 Å². The molecule has 0 saturated heterocycles. The Morgan fingerprint density at radius 1 is 0.794 bits per heavy atom. The van der Waals surface area contributed by atoms with Gasteiger partial charge < -0.3 is 9.47 Å². The van der Waals surface area contributed by atoms with Gasteiger partial charge in [-0.25, -0.2) is 0 Å². The highest BCUT2D eigenvalue weighted by Crippen LogP contribution is 2.37. The third kappa shape index (κ3) is 6.40. The Morgan fingerprint density at radius 3 is 2.03 bits per heavy atom. The standard InChI is InChI=1S/C30H42O4/c1-5-9-11-21(7-3)19-33-23-13-15-25-27(17-23)29(31)26-16-14-24(18-28(26)30(25)32)34-20-22(8-4)12-10-6-2/h13-18,21-22,25,27H,5-12,19-20H2,1-4H3. The lowest BCUT2D eigenvalue weighted by Gasteiger charge is -2.30. The van der Waals surface area contributed by atoms with Crippen molar-refractivity contribution in [3.8, 4) is 5.75 Å². The third-order valence-corrected chi connectivity index (χ3v) is 7.38. The van der Waals surface area contributed by atoms with Gasteiger partial charge in [0.05, 0.1) is 25.0 Å². The molecule has 34 heavy (non-hydrogen) atoms. The van der Waals surface area contributed by atoms with Crippen molar-refractivity contribution < 1.29 is 19.1 Å². The van der Waals surface area contributed by atoms with Crippen molar-refractivity contribution in [3.05, 3.63) is 53.3 Å². The van der Waals surface area contributed by atoms with E-state index in [1.165, 1.54) is 25.7 Å². The second-order valence-electron chi connectivity index (χ2n) is 9.87. The number of ketones is 2. The Morgan fingerprint density at radius 2 is 1.41 bits per heavy atom. The topological polar surface area (TPSA) is 52.6 Å². The number of ether oxygens (including phenoxy) is 2. The average molecular weight is 467 g/mol. The lowest BCUT2D eigenvalue weighted by atomic mass is 9.72. The normalized spacial score (nSPS) is 20.9. The van der Waals surface area contributed by atoms with Gasteiger partial charge in [0.25, 0.3) is 0 Å². The van der Waals surface area contributed by atoms with Crippen LogP contribution in [0.2, 0.25) is 0 Å². The third-order valence-electron chi connectivity index (χ3n) is 7.38. The maximum atomic E-state index is 13.3. The van der Waals surface area contributed by atoms with Crippen molar-refractivity contribution in [2.75, 3.05) is 13.2 Å². The second kappa shape index (κ2) is 12.9. The number of unbranched alkanes of at least 4 members (excludes halogenated alkanes) is 2. The Hall–Kier alpha value is -2.36. The van der Waals surface area contributed by atoms with E-state index in [0.29, 0.717) is 47.7 Å². The number of fused-ring (bicyclic) bond motifs is 2. The molecule has 4 heteroatoms. The zero-order valence-corrected chi connectivity index (χ0v) is 21.5. The van der Waals surface area contributed by atoms with Crippen LogP contribution in [0.1, 0.15) is 99.8 Å². The molecule has 0 spiro atoms. The number of rotatable bonds is 14. The Kier molecular flexibility index (Phi) is 9.98. The molecule has 2 aliphatic carbocycles. The maximum Gasteiger partial charge on any atom is 0.171 e. The summed E-state index contributed by atoms with van der Waals surface area (Å²) in [5.41, 5.74) is 0.982. The lowest BCUT2D eigenvalue weighted by molar-refractivity contribution is 0.0792. The van der Waals surface area contributed by atoms with E-state index in [0.717, 1.165) is 25.7 Å². The van der Waals surface area contributed by atoms with Crippen LogP contribution in [0.5, 0.6) is 5.75 Å². The summed E-state index contributed by atoms with van der Waals surface area (Å²) >= 11 is 0. The zero-order valence-electron chi connectivity index (χ0n) is 21.5. The molecule has 1 aromatic carbocycles. The summed E-state index contributed by atoms with van der Waals surface area (Å²) in [7, 11) is 0. The zero-order chi connectivity index (χ0) is 24.5. The summed E-state index contributed by atoms with van der Waals surface area (Å²) in [6.07, 6.45) is 14.8. The molecular weight excluding hydrogens is 424 g/mol. The molecule has 0 saturated carbocycles. The molecule has 0 aliphatic heterocycles. The summed E-state index contributed by atoms with van der Waals surface area (Å²) in [6, 6.07) is 5.36. The van der Waals surface area contributed by atoms with E-state index in [1.54, 1.807) is 12.1 Å². The number of allylic oxidation sites excluding steroid dienone is 3. The van der Waals surface area contributed by atoms with Gasteiger partial charge in [-0.2, -0.15) is 0 Å². The highest BCUT2D eigenvalue weighted by molar-refractivity contribution is 6.17. The molecule has 0 amide bonds. The largest absolute Gasteiger partial charge is 0.494 e. The first kappa shape index (κ1) is 26.2. The van der Waals surface area contributed by atoms with Crippen LogP contribution in [0.25, 0.3) is 0 Å². The van der Waals surface area contributed by atoms with Gasteiger partial charge in [-0.15, -0.1) is 0 Å². The molecule has 0 aromatic heterocycles. The molecule has 0 heterocycles. The number of Topliss-reactive ketones (excluding diaryl/α,β-unsaturated/α-hetero) is 2. The highest BCUT2D eigenvalue weighted by atomic mass is 16.5. The first-order chi connectivity index (χ1) is 16.5. The van der Waals surface area contributed by atoms with E-state index in [-0.39, 0.29) is 11.6 Å². The molecule has 4 nitrogen and oxygen atoms in total. The molecule has 2 aliphatic rings. The SMILES string of the molecule is CCCCC(CC)COC1=CC2C(=O)c3ccc(OCC(CC)CCCC)cc3C(=O)C2C=C1. The van der Waals surface area contributed by atoms with Gasteiger partial charge >= 0.3 is 0 Å².